The lowest BCUT2D eigenvalue weighted by atomic mass is 9.99. The minimum Gasteiger partial charge on any atom is -0.337 e. The lowest BCUT2D eigenvalue weighted by Crippen LogP contribution is -2.08. The van der Waals surface area contributed by atoms with E-state index in [0.29, 0.717) is 5.02 Å². The minimum absolute atomic E-state index is 0.264. The van der Waals surface area contributed by atoms with Crippen LogP contribution in [0.1, 0.15) is 40.8 Å². The monoisotopic (exact) mass is 351 g/mol. The van der Waals surface area contributed by atoms with Crippen LogP contribution in [0.15, 0.2) is 73.1 Å². The predicted octanol–water partition coefficient (Wildman–Crippen LogP) is 5.57. The molecule has 25 heavy (non-hydrogen) atoms. The van der Waals surface area contributed by atoms with E-state index in [4.69, 9.17) is 21.1 Å². The summed E-state index contributed by atoms with van der Waals surface area (Å²) in [5, 5.41) is 0.676. The number of pyridine rings is 1. The third-order valence-electron chi connectivity index (χ3n) is 4.39. The first-order valence-corrected chi connectivity index (χ1v) is 8.62. The molecule has 0 aliphatic carbocycles. The zero-order valence-corrected chi connectivity index (χ0v) is 14.6. The largest absolute Gasteiger partial charge is 0.337 e. The number of aromatic nitrogens is 1. The zero-order chi connectivity index (χ0) is 17.2. The van der Waals surface area contributed by atoms with Crippen LogP contribution in [0.25, 0.3) is 0 Å². The molecule has 0 N–H and O–H groups in total. The maximum atomic E-state index is 6.42. The molecular weight excluding hydrogens is 334 g/mol. The van der Waals surface area contributed by atoms with Crippen LogP contribution < -0.4 is 0 Å². The van der Waals surface area contributed by atoms with Crippen molar-refractivity contribution in [3.8, 4) is 0 Å². The highest BCUT2D eigenvalue weighted by Crippen LogP contribution is 2.49. The van der Waals surface area contributed by atoms with E-state index < -0.39 is 6.29 Å². The molecule has 3 atom stereocenters. The summed E-state index contributed by atoms with van der Waals surface area (Å²) in [5.74, 6) is 0. The van der Waals surface area contributed by atoms with E-state index in [1.807, 2.05) is 54.7 Å². The van der Waals surface area contributed by atoms with Crippen LogP contribution in [-0.4, -0.2) is 4.98 Å². The molecule has 0 bridgehead atoms. The van der Waals surface area contributed by atoms with Gasteiger partial charge in [0.2, 0.25) is 0 Å². The van der Waals surface area contributed by atoms with Gasteiger partial charge in [0.25, 0.3) is 0 Å². The second-order valence-electron chi connectivity index (χ2n) is 6.16. The van der Waals surface area contributed by atoms with Crippen LogP contribution in [0.5, 0.6) is 0 Å². The van der Waals surface area contributed by atoms with Gasteiger partial charge in [-0.2, -0.15) is 0 Å². The molecule has 3 aromatic rings. The van der Waals surface area contributed by atoms with Crippen LogP contribution in [0.2, 0.25) is 5.02 Å². The van der Waals surface area contributed by atoms with Crippen LogP contribution in [0.4, 0.5) is 0 Å². The maximum Gasteiger partial charge on any atom is 0.185 e. The summed E-state index contributed by atoms with van der Waals surface area (Å²) in [5.41, 5.74) is 4.09. The number of nitrogens with zero attached hydrogens (tertiary/aromatic N) is 1. The van der Waals surface area contributed by atoms with Gasteiger partial charge in [0.05, 0.1) is 0 Å². The minimum atomic E-state index is -0.438. The fraction of sp³-hybridized carbons (Fsp3) is 0.190. The van der Waals surface area contributed by atoms with Gasteiger partial charge in [0, 0.05) is 34.1 Å². The average Bonchev–Trinajstić information content (AvgIpc) is 3.08. The summed E-state index contributed by atoms with van der Waals surface area (Å²) in [6.45, 7) is 2.06. The van der Waals surface area contributed by atoms with Crippen molar-refractivity contribution in [3.63, 3.8) is 0 Å². The average molecular weight is 352 g/mol. The lowest BCUT2D eigenvalue weighted by Gasteiger charge is -2.18. The lowest BCUT2D eigenvalue weighted by molar-refractivity contribution is -0.0698. The van der Waals surface area contributed by atoms with Crippen LogP contribution in [0.3, 0.4) is 0 Å². The molecule has 1 saturated heterocycles. The van der Waals surface area contributed by atoms with E-state index in [0.717, 1.165) is 16.7 Å². The molecule has 3 unspecified atom stereocenters. The molecule has 3 nitrogen and oxygen atoms in total. The Bertz CT molecular complexity index is 851. The normalized spacial score (nSPS) is 22.9. The second-order valence-corrected chi connectivity index (χ2v) is 6.57. The third kappa shape index (κ3) is 3.31. The molecule has 4 rings (SSSR count). The van der Waals surface area contributed by atoms with E-state index in [2.05, 4.69) is 24.0 Å². The van der Waals surface area contributed by atoms with Crippen molar-refractivity contribution in [1.82, 2.24) is 4.98 Å². The molecule has 0 spiro atoms. The van der Waals surface area contributed by atoms with Gasteiger partial charge < -0.3 is 9.47 Å². The van der Waals surface area contributed by atoms with Crippen molar-refractivity contribution in [2.24, 2.45) is 0 Å². The summed E-state index contributed by atoms with van der Waals surface area (Å²) in [7, 11) is 0. The Balaban J connectivity index is 1.72. The summed E-state index contributed by atoms with van der Waals surface area (Å²) < 4.78 is 12.6. The number of rotatable bonds is 3. The van der Waals surface area contributed by atoms with E-state index in [1.165, 1.54) is 5.56 Å². The Labute approximate surface area is 152 Å². The molecule has 1 aliphatic rings. The Hall–Kier alpha value is -2.20. The fourth-order valence-corrected chi connectivity index (χ4v) is 3.30. The van der Waals surface area contributed by atoms with Gasteiger partial charge in [-0.05, 0) is 19.1 Å². The molecule has 0 radical (unpaired) electrons. The molecule has 1 fully saturated rings. The molecule has 1 aliphatic heterocycles. The highest BCUT2D eigenvalue weighted by Gasteiger charge is 2.39. The standard InChI is InChI=1S/C21H18ClNO2/c1-14-8-10-15(11-9-14)21-24-19(16-5-4-12-23-13-16)20(25-21)17-6-2-3-7-18(17)22/h2-13,19-21H,1H3. The highest BCUT2D eigenvalue weighted by molar-refractivity contribution is 6.31. The second kappa shape index (κ2) is 6.96. The molecule has 1 aromatic heterocycles. The number of aryl methyl sites for hydroxylation is 1. The maximum absolute atomic E-state index is 6.42. The Morgan fingerprint density at radius 1 is 0.840 bits per heavy atom. The highest BCUT2D eigenvalue weighted by atomic mass is 35.5. The van der Waals surface area contributed by atoms with Crippen molar-refractivity contribution >= 4 is 11.6 Å². The first-order chi connectivity index (χ1) is 12.2. The van der Waals surface area contributed by atoms with Crippen molar-refractivity contribution < 1.29 is 9.47 Å². The van der Waals surface area contributed by atoms with Gasteiger partial charge in [-0.15, -0.1) is 0 Å². The SMILES string of the molecule is Cc1ccc(C2OC(c3cccnc3)C(c3ccccc3Cl)O2)cc1. The molecule has 4 heteroatoms. The molecular formula is C21H18ClNO2. The van der Waals surface area contributed by atoms with Gasteiger partial charge >= 0.3 is 0 Å². The first kappa shape index (κ1) is 16.3. The third-order valence-corrected chi connectivity index (χ3v) is 4.73. The molecule has 126 valence electrons. The molecule has 2 heterocycles. The Morgan fingerprint density at radius 3 is 2.32 bits per heavy atom. The Kier molecular flexibility index (Phi) is 4.53. The van der Waals surface area contributed by atoms with E-state index in [1.54, 1.807) is 6.20 Å². The van der Waals surface area contributed by atoms with Gasteiger partial charge in [0.15, 0.2) is 6.29 Å². The quantitative estimate of drug-likeness (QED) is 0.618. The van der Waals surface area contributed by atoms with Crippen LogP contribution in [0, 0.1) is 6.92 Å². The predicted molar refractivity (Wildman–Crippen MR) is 97.3 cm³/mol. The smallest absolute Gasteiger partial charge is 0.185 e. The van der Waals surface area contributed by atoms with E-state index >= 15 is 0 Å². The van der Waals surface area contributed by atoms with Gasteiger partial charge in [0.1, 0.15) is 12.2 Å². The van der Waals surface area contributed by atoms with E-state index in [-0.39, 0.29) is 12.2 Å². The number of hydrogen-bond donors (Lipinski definition) is 0. The van der Waals surface area contributed by atoms with Crippen molar-refractivity contribution in [2.45, 2.75) is 25.4 Å². The first-order valence-electron chi connectivity index (χ1n) is 8.24. The number of halogens is 1. The van der Waals surface area contributed by atoms with E-state index in [9.17, 15) is 0 Å². The molecule has 0 saturated carbocycles. The fourth-order valence-electron chi connectivity index (χ4n) is 3.06. The van der Waals surface area contributed by atoms with Crippen LogP contribution >= 0.6 is 11.6 Å². The molecule has 2 aromatic carbocycles. The summed E-state index contributed by atoms with van der Waals surface area (Å²) >= 11 is 6.42. The number of hydrogen-bond acceptors (Lipinski definition) is 3. The summed E-state index contributed by atoms with van der Waals surface area (Å²) in [6.07, 6.45) is 2.58. The van der Waals surface area contributed by atoms with Crippen molar-refractivity contribution in [2.75, 3.05) is 0 Å². The van der Waals surface area contributed by atoms with Gasteiger partial charge in [-0.25, -0.2) is 0 Å². The summed E-state index contributed by atoms with van der Waals surface area (Å²) in [4.78, 5) is 4.22. The molecule has 0 amide bonds. The van der Waals surface area contributed by atoms with Gasteiger partial charge in [-0.3, -0.25) is 4.98 Å². The number of ether oxygens (including phenoxy) is 2. The Morgan fingerprint density at radius 2 is 1.60 bits per heavy atom. The summed E-state index contributed by atoms with van der Waals surface area (Å²) in [6, 6.07) is 19.8. The van der Waals surface area contributed by atoms with Crippen molar-refractivity contribution in [1.29, 1.82) is 0 Å². The van der Waals surface area contributed by atoms with Crippen molar-refractivity contribution in [3.05, 3.63) is 100 Å². The van der Waals surface area contributed by atoms with Gasteiger partial charge in [-0.1, -0.05) is 65.7 Å². The topological polar surface area (TPSA) is 31.4 Å². The number of benzene rings is 2. The zero-order valence-electron chi connectivity index (χ0n) is 13.8. The van der Waals surface area contributed by atoms with Crippen LogP contribution in [-0.2, 0) is 9.47 Å².